The van der Waals surface area contributed by atoms with Gasteiger partial charge in [0.2, 0.25) is 5.91 Å². The number of rotatable bonds is 4. The van der Waals surface area contributed by atoms with Gasteiger partial charge in [0.15, 0.2) is 0 Å². The van der Waals surface area contributed by atoms with Gasteiger partial charge in [-0.25, -0.2) is 4.39 Å². The second-order valence-corrected chi connectivity index (χ2v) is 3.10. The first-order chi connectivity index (χ1) is 7.54. The summed E-state index contributed by atoms with van der Waals surface area (Å²) in [6.07, 6.45) is -1.35. The van der Waals surface area contributed by atoms with Crippen LogP contribution in [0.25, 0.3) is 0 Å². The van der Waals surface area contributed by atoms with E-state index in [0.717, 1.165) is 6.07 Å². The third-order valence-corrected chi connectivity index (χ3v) is 1.92. The lowest BCUT2D eigenvalue weighted by Gasteiger charge is -2.10. The molecule has 84 valence electrons. The molecule has 1 atom stereocenters. The largest absolute Gasteiger partial charge is 0.381 e. The average molecular weight is 223 g/mol. The number of halogens is 1. The number of aliphatic hydroxyl groups excluding tert-OH is 1. The molecular weight excluding hydrogens is 213 g/mol. The number of carbonyl (C=O) groups is 1. The van der Waals surface area contributed by atoms with Crippen molar-refractivity contribution in [2.45, 2.75) is 6.10 Å². The fourth-order valence-corrected chi connectivity index (χ4v) is 1.07. The minimum absolute atomic E-state index is 0.0941. The van der Waals surface area contributed by atoms with Crippen LogP contribution in [0.15, 0.2) is 18.2 Å². The Morgan fingerprint density at radius 2 is 2.38 bits per heavy atom. The highest BCUT2D eigenvalue weighted by molar-refractivity contribution is 5.79. The molecular formula is C10H10FN3O2. The smallest absolute Gasteiger partial charge is 0.248 e. The summed E-state index contributed by atoms with van der Waals surface area (Å²) < 4.78 is 12.8. The summed E-state index contributed by atoms with van der Waals surface area (Å²) in [5.74, 6) is -1.40. The van der Waals surface area contributed by atoms with E-state index in [4.69, 9.17) is 16.1 Å². The van der Waals surface area contributed by atoms with E-state index in [-0.39, 0.29) is 12.1 Å². The molecule has 0 aromatic heterocycles. The summed E-state index contributed by atoms with van der Waals surface area (Å²) in [6, 6.07) is 5.36. The topological polar surface area (TPSA) is 99.1 Å². The molecule has 0 aliphatic carbocycles. The van der Waals surface area contributed by atoms with Gasteiger partial charge in [0, 0.05) is 6.54 Å². The van der Waals surface area contributed by atoms with Crippen molar-refractivity contribution in [1.82, 2.24) is 0 Å². The minimum Gasteiger partial charge on any atom is -0.381 e. The first kappa shape index (κ1) is 11.9. The van der Waals surface area contributed by atoms with Gasteiger partial charge in [-0.05, 0) is 18.2 Å². The summed E-state index contributed by atoms with van der Waals surface area (Å²) in [7, 11) is 0. The number of hydrogen-bond donors (Lipinski definition) is 3. The highest BCUT2D eigenvalue weighted by Gasteiger charge is 2.11. The van der Waals surface area contributed by atoms with Gasteiger partial charge in [-0.1, -0.05) is 0 Å². The molecule has 4 N–H and O–H groups in total. The Hall–Kier alpha value is -2.13. The molecule has 1 amide bonds. The summed E-state index contributed by atoms with van der Waals surface area (Å²) >= 11 is 0. The van der Waals surface area contributed by atoms with Crippen molar-refractivity contribution < 1.29 is 14.3 Å². The number of nitrogens with one attached hydrogen (secondary N) is 1. The molecule has 1 unspecified atom stereocenters. The van der Waals surface area contributed by atoms with Crippen molar-refractivity contribution >= 4 is 11.6 Å². The number of benzene rings is 1. The highest BCUT2D eigenvalue weighted by atomic mass is 19.1. The van der Waals surface area contributed by atoms with E-state index in [1.165, 1.54) is 12.1 Å². The predicted octanol–water partition coefficient (Wildman–Crippen LogP) is -0.0445. The molecule has 16 heavy (non-hydrogen) atoms. The number of nitrogens with zero attached hydrogens (tertiary/aromatic N) is 1. The lowest BCUT2D eigenvalue weighted by atomic mass is 10.2. The molecule has 6 heteroatoms. The van der Waals surface area contributed by atoms with E-state index >= 15 is 0 Å². The van der Waals surface area contributed by atoms with Crippen LogP contribution in [-0.4, -0.2) is 23.7 Å². The number of amides is 1. The first-order valence-electron chi connectivity index (χ1n) is 4.45. The van der Waals surface area contributed by atoms with Crippen LogP contribution in [0.1, 0.15) is 5.56 Å². The molecule has 1 rings (SSSR count). The van der Waals surface area contributed by atoms with E-state index in [9.17, 15) is 9.18 Å². The number of anilines is 1. The molecule has 0 spiro atoms. The van der Waals surface area contributed by atoms with Gasteiger partial charge in [0.05, 0.1) is 11.3 Å². The van der Waals surface area contributed by atoms with E-state index in [1.807, 2.05) is 0 Å². The number of hydrogen-bond acceptors (Lipinski definition) is 4. The van der Waals surface area contributed by atoms with Gasteiger partial charge >= 0.3 is 0 Å². The quantitative estimate of drug-likeness (QED) is 0.666. The predicted molar refractivity (Wildman–Crippen MR) is 54.8 cm³/mol. The van der Waals surface area contributed by atoms with Crippen LogP contribution in [0.3, 0.4) is 0 Å². The number of aliphatic hydroxyl groups is 1. The summed E-state index contributed by atoms with van der Waals surface area (Å²) in [6.45, 7) is -0.129. The maximum absolute atomic E-state index is 12.8. The normalized spacial score (nSPS) is 11.6. The fourth-order valence-electron chi connectivity index (χ4n) is 1.07. The molecule has 0 heterocycles. The number of nitriles is 1. The molecule has 0 saturated carbocycles. The van der Waals surface area contributed by atoms with Crippen LogP contribution in [-0.2, 0) is 4.79 Å². The zero-order valence-corrected chi connectivity index (χ0v) is 8.27. The van der Waals surface area contributed by atoms with Crippen LogP contribution in [0.5, 0.6) is 0 Å². The van der Waals surface area contributed by atoms with Crippen LogP contribution in [0.2, 0.25) is 0 Å². The third kappa shape index (κ3) is 2.93. The van der Waals surface area contributed by atoms with Crippen molar-refractivity contribution in [2.75, 3.05) is 11.9 Å². The van der Waals surface area contributed by atoms with Crippen molar-refractivity contribution in [3.8, 4) is 6.07 Å². The molecule has 5 nitrogen and oxygen atoms in total. The Kier molecular flexibility index (Phi) is 3.80. The number of carbonyl (C=O) groups excluding carboxylic acids is 1. The monoisotopic (exact) mass is 223 g/mol. The van der Waals surface area contributed by atoms with Gasteiger partial charge in [0.25, 0.3) is 0 Å². The van der Waals surface area contributed by atoms with Crippen LogP contribution < -0.4 is 11.1 Å². The Bertz CT molecular complexity index is 442. The average Bonchev–Trinajstić information content (AvgIpc) is 2.26. The Morgan fingerprint density at radius 1 is 1.69 bits per heavy atom. The third-order valence-electron chi connectivity index (χ3n) is 1.92. The van der Waals surface area contributed by atoms with E-state index < -0.39 is 17.8 Å². The molecule has 0 fully saturated rings. The molecule has 0 aliphatic heterocycles. The second-order valence-electron chi connectivity index (χ2n) is 3.10. The Labute approximate surface area is 91.3 Å². The molecule has 0 saturated heterocycles. The molecule has 0 bridgehead atoms. The maximum Gasteiger partial charge on any atom is 0.248 e. The molecule has 1 aromatic rings. The second kappa shape index (κ2) is 5.09. The van der Waals surface area contributed by atoms with E-state index in [1.54, 1.807) is 6.07 Å². The van der Waals surface area contributed by atoms with Gasteiger partial charge < -0.3 is 16.2 Å². The highest BCUT2D eigenvalue weighted by Crippen LogP contribution is 2.15. The summed E-state index contributed by atoms with van der Waals surface area (Å²) in [4.78, 5) is 10.5. The fraction of sp³-hybridized carbons (Fsp3) is 0.200. The molecule has 1 aromatic carbocycles. The maximum atomic E-state index is 12.8. The van der Waals surface area contributed by atoms with E-state index in [0.29, 0.717) is 5.69 Å². The lowest BCUT2D eigenvalue weighted by molar-refractivity contribution is -0.125. The summed E-state index contributed by atoms with van der Waals surface area (Å²) in [5.41, 5.74) is 5.27. The van der Waals surface area contributed by atoms with Crippen molar-refractivity contribution in [3.05, 3.63) is 29.6 Å². The van der Waals surface area contributed by atoms with Crippen molar-refractivity contribution in [1.29, 1.82) is 5.26 Å². The van der Waals surface area contributed by atoms with Gasteiger partial charge in [-0.2, -0.15) is 5.26 Å². The van der Waals surface area contributed by atoms with E-state index in [2.05, 4.69) is 5.32 Å². The molecule has 0 aliphatic rings. The Morgan fingerprint density at radius 3 is 2.94 bits per heavy atom. The van der Waals surface area contributed by atoms with Gasteiger partial charge in [0.1, 0.15) is 18.0 Å². The van der Waals surface area contributed by atoms with Crippen molar-refractivity contribution in [2.24, 2.45) is 5.73 Å². The van der Waals surface area contributed by atoms with Gasteiger partial charge in [-0.3, -0.25) is 4.79 Å². The minimum atomic E-state index is -1.35. The van der Waals surface area contributed by atoms with Crippen LogP contribution in [0, 0.1) is 17.1 Å². The van der Waals surface area contributed by atoms with Crippen LogP contribution in [0.4, 0.5) is 10.1 Å². The summed E-state index contributed by atoms with van der Waals surface area (Å²) in [5, 5.41) is 20.5. The van der Waals surface area contributed by atoms with Crippen LogP contribution >= 0.6 is 0 Å². The zero-order chi connectivity index (χ0) is 12.1. The van der Waals surface area contributed by atoms with Gasteiger partial charge in [-0.15, -0.1) is 0 Å². The standard InChI is InChI=1S/C10H10FN3O2/c11-7-1-2-8(6(3-7)4-12)14-5-9(15)10(13)16/h1-3,9,14-15H,5H2,(H2,13,16). The molecule has 0 radical (unpaired) electrons. The number of primary amides is 1. The van der Waals surface area contributed by atoms with Crippen molar-refractivity contribution in [3.63, 3.8) is 0 Å². The SMILES string of the molecule is N#Cc1cc(F)ccc1NCC(O)C(N)=O. The lowest BCUT2D eigenvalue weighted by Crippen LogP contribution is -2.34. The number of nitrogens with two attached hydrogens (primary N) is 1. The Balaban J connectivity index is 2.75. The first-order valence-corrected chi connectivity index (χ1v) is 4.45. The zero-order valence-electron chi connectivity index (χ0n) is 8.27.